The molecule has 58 valence electrons. The number of hydrogen-bond acceptors (Lipinski definition) is 2. The smallest absolute Gasteiger partial charge is 0.316 e. The molecule has 0 saturated carbocycles. The molecule has 1 atom stereocenters. The summed E-state index contributed by atoms with van der Waals surface area (Å²) in [5.74, 6) is -1.20. The molecule has 4 nitrogen and oxygen atoms in total. The van der Waals surface area contributed by atoms with Crippen molar-refractivity contribution in [3.05, 3.63) is 0 Å². The van der Waals surface area contributed by atoms with Crippen LogP contribution in [0.4, 0.5) is 0 Å². The normalized spacial score (nSPS) is 12.2. The molecular formula is C5H8INO3. The van der Waals surface area contributed by atoms with Crippen LogP contribution >= 0.6 is 22.6 Å². The van der Waals surface area contributed by atoms with E-state index in [4.69, 9.17) is 5.11 Å². The topological polar surface area (TPSA) is 66.4 Å². The molecule has 0 saturated heterocycles. The fourth-order valence-electron chi connectivity index (χ4n) is 0.352. The summed E-state index contributed by atoms with van der Waals surface area (Å²) < 4.78 is -0.627. The maximum absolute atomic E-state index is 10.5. The van der Waals surface area contributed by atoms with E-state index < -0.39 is 9.89 Å². The molecule has 0 fully saturated rings. The van der Waals surface area contributed by atoms with Gasteiger partial charge in [-0.05, 0) is 0 Å². The minimum Gasteiger partial charge on any atom is -0.480 e. The molecule has 0 radical (unpaired) electrons. The van der Waals surface area contributed by atoms with Crippen molar-refractivity contribution in [3.63, 3.8) is 0 Å². The van der Waals surface area contributed by atoms with Crippen molar-refractivity contribution < 1.29 is 14.7 Å². The first-order valence-electron chi connectivity index (χ1n) is 2.65. The highest BCUT2D eigenvalue weighted by molar-refractivity contribution is 14.1. The van der Waals surface area contributed by atoms with Crippen molar-refractivity contribution in [1.82, 2.24) is 5.32 Å². The fourth-order valence-corrected chi connectivity index (χ4v) is 0.752. The number of carboxylic acid groups (broad SMARTS) is 1. The largest absolute Gasteiger partial charge is 0.480 e. The van der Waals surface area contributed by atoms with Crippen LogP contribution in [0.3, 0.4) is 0 Å². The van der Waals surface area contributed by atoms with Crippen LogP contribution in [0.5, 0.6) is 0 Å². The summed E-state index contributed by atoms with van der Waals surface area (Å²) in [6, 6.07) is 0. The van der Waals surface area contributed by atoms with Gasteiger partial charge >= 0.3 is 5.97 Å². The minimum absolute atomic E-state index is 0.0341. The number of carbonyl (C=O) groups is 2. The third-order valence-corrected chi connectivity index (χ3v) is 1.88. The van der Waals surface area contributed by atoms with Crippen LogP contribution in [-0.4, -0.2) is 28.0 Å². The number of hydrogen-bond donors (Lipinski definition) is 2. The Labute approximate surface area is 72.1 Å². The van der Waals surface area contributed by atoms with Crippen LogP contribution in [-0.2, 0) is 9.59 Å². The van der Waals surface area contributed by atoms with Crippen molar-refractivity contribution in [2.75, 3.05) is 7.05 Å². The van der Waals surface area contributed by atoms with Gasteiger partial charge < -0.3 is 10.4 Å². The summed E-state index contributed by atoms with van der Waals surface area (Å²) in [5, 5.41) is 10.7. The molecule has 0 aromatic heterocycles. The number of rotatable bonds is 3. The van der Waals surface area contributed by atoms with Gasteiger partial charge in [0.1, 0.15) is 3.92 Å². The first-order valence-corrected chi connectivity index (χ1v) is 3.90. The molecule has 5 heteroatoms. The summed E-state index contributed by atoms with van der Waals surface area (Å²) in [5.41, 5.74) is 0. The maximum atomic E-state index is 10.5. The van der Waals surface area contributed by atoms with E-state index in [-0.39, 0.29) is 12.3 Å². The lowest BCUT2D eigenvalue weighted by Crippen LogP contribution is -2.25. The Morgan fingerprint density at radius 1 is 1.70 bits per heavy atom. The molecule has 10 heavy (non-hydrogen) atoms. The second kappa shape index (κ2) is 4.48. The SMILES string of the molecule is CNC(=O)C[C@H](I)C(=O)O. The molecule has 0 aliphatic heterocycles. The number of carboxylic acids is 1. The van der Waals surface area contributed by atoms with Crippen molar-refractivity contribution in [1.29, 1.82) is 0 Å². The highest BCUT2D eigenvalue weighted by atomic mass is 127. The quantitative estimate of drug-likeness (QED) is 0.553. The van der Waals surface area contributed by atoms with Crippen molar-refractivity contribution >= 4 is 34.5 Å². The van der Waals surface area contributed by atoms with Crippen LogP contribution in [0, 0.1) is 0 Å². The number of halogens is 1. The molecule has 0 bridgehead atoms. The second-order valence-corrected chi connectivity index (χ2v) is 3.19. The molecular weight excluding hydrogens is 249 g/mol. The lowest BCUT2D eigenvalue weighted by atomic mass is 10.3. The summed E-state index contributed by atoms with van der Waals surface area (Å²) >= 11 is 1.71. The third kappa shape index (κ3) is 3.65. The summed E-state index contributed by atoms with van der Waals surface area (Å²) in [4.78, 5) is 20.7. The number of alkyl halides is 1. The lowest BCUT2D eigenvalue weighted by Gasteiger charge is -2.01. The molecule has 0 aliphatic rings. The van der Waals surface area contributed by atoms with Crippen LogP contribution in [0.25, 0.3) is 0 Å². The zero-order valence-electron chi connectivity index (χ0n) is 5.43. The van der Waals surface area contributed by atoms with Crippen molar-refractivity contribution in [2.45, 2.75) is 10.3 Å². The van der Waals surface area contributed by atoms with Gasteiger partial charge in [0.2, 0.25) is 5.91 Å². The van der Waals surface area contributed by atoms with Crippen LogP contribution in [0.2, 0.25) is 0 Å². The van der Waals surface area contributed by atoms with Crippen molar-refractivity contribution in [2.24, 2.45) is 0 Å². The minimum atomic E-state index is -0.954. The standard InChI is InChI=1S/C5H8INO3/c1-7-4(8)2-3(6)5(9)10/h3H,2H2,1H3,(H,7,8)(H,9,10)/t3-/m0/s1. The van der Waals surface area contributed by atoms with E-state index >= 15 is 0 Å². The summed E-state index contributed by atoms with van der Waals surface area (Å²) in [6.07, 6.45) is 0.0341. The number of carbonyl (C=O) groups excluding carboxylic acids is 1. The zero-order chi connectivity index (χ0) is 8.15. The molecule has 0 aromatic rings. The Bertz CT molecular complexity index is 148. The van der Waals surface area contributed by atoms with Gasteiger partial charge in [-0.2, -0.15) is 0 Å². The van der Waals surface area contributed by atoms with Crippen molar-refractivity contribution in [3.8, 4) is 0 Å². The predicted octanol–water partition coefficient (Wildman–Crippen LogP) is 0.0107. The van der Waals surface area contributed by atoms with Gasteiger partial charge in [-0.25, -0.2) is 0 Å². The monoisotopic (exact) mass is 257 g/mol. The van der Waals surface area contributed by atoms with Crippen LogP contribution in [0.15, 0.2) is 0 Å². The van der Waals surface area contributed by atoms with E-state index in [2.05, 4.69) is 5.32 Å². The molecule has 0 heterocycles. The van der Waals surface area contributed by atoms with Gasteiger partial charge in [0.15, 0.2) is 0 Å². The molecule has 0 aromatic carbocycles. The Kier molecular flexibility index (Phi) is 4.33. The van der Waals surface area contributed by atoms with Gasteiger partial charge in [-0.1, -0.05) is 22.6 Å². The van der Waals surface area contributed by atoms with Gasteiger partial charge in [-0.3, -0.25) is 9.59 Å². The Morgan fingerprint density at radius 2 is 2.20 bits per heavy atom. The van der Waals surface area contributed by atoms with E-state index in [1.165, 1.54) is 7.05 Å². The van der Waals surface area contributed by atoms with E-state index in [1.807, 2.05) is 0 Å². The average molecular weight is 257 g/mol. The predicted molar refractivity (Wildman–Crippen MR) is 44.1 cm³/mol. The zero-order valence-corrected chi connectivity index (χ0v) is 7.58. The lowest BCUT2D eigenvalue weighted by molar-refractivity contribution is -0.137. The van der Waals surface area contributed by atoms with E-state index in [0.717, 1.165) is 0 Å². The number of aliphatic carboxylic acids is 1. The molecule has 0 aliphatic carbocycles. The highest BCUT2D eigenvalue weighted by Gasteiger charge is 2.15. The van der Waals surface area contributed by atoms with E-state index in [0.29, 0.717) is 0 Å². The van der Waals surface area contributed by atoms with Gasteiger partial charge in [-0.15, -0.1) is 0 Å². The Morgan fingerprint density at radius 3 is 2.50 bits per heavy atom. The second-order valence-electron chi connectivity index (χ2n) is 1.68. The van der Waals surface area contributed by atoms with Gasteiger partial charge in [0.25, 0.3) is 0 Å². The molecule has 0 rings (SSSR count). The fraction of sp³-hybridized carbons (Fsp3) is 0.600. The molecule has 1 amide bonds. The number of nitrogens with one attached hydrogen (secondary N) is 1. The van der Waals surface area contributed by atoms with E-state index in [1.54, 1.807) is 22.6 Å². The average Bonchev–Trinajstić information content (AvgIpc) is 1.87. The first kappa shape index (κ1) is 9.67. The first-order chi connectivity index (χ1) is 4.57. The number of amides is 1. The third-order valence-electron chi connectivity index (χ3n) is 0.911. The van der Waals surface area contributed by atoms with Gasteiger partial charge in [0, 0.05) is 13.5 Å². The Balaban J connectivity index is 3.68. The highest BCUT2D eigenvalue weighted by Crippen LogP contribution is 2.04. The van der Waals surface area contributed by atoms with Crippen LogP contribution < -0.4 is 5.32 Å². The van der Waals surface area contributed by atoms with Crippen LogP contribution in [0.1, 0.15) is 6.42 Å². The maximum Gasteiger partial charge on any atom is 0.316 e. The molecule has 2 N–H and O–H groups in total. The summed E-state index contributed by atoms with van der Waals surface area (Å²) in [6.45, 7) is 0. The van der Waals surface area contributed by atoms with E-state index in [9.17, 15) is 9.59 Å². The van der Waals surface area contributed by atoms with Gasteiger partial charge in [0.05, 0.1) is 0 Å². The Hall–Kier alpha value is -0.330. The summed E-state index contributed by atoms with van der Waals surface area (Å²) in [7, 11) is 1.48. The molecule has 0 spiro atoms. The molecule has 0 unspecified atom stereocenters.